The molecule has 0 aromatic carbocycles. The van der Waals surface area contributed by atoms with Crippen molar-refractivity contribution in [3.63, 3.8) is 0 Å². The number of aromatic nitrogens is 1. The molecule has 1 aromatic rings. The van der Waals surface area contributed by atoms with Crippen LogP contribution >= 0.6 is 0 Å². The van der Waals surface area contributed by atoms with Crippen molar-refractivity contribution in [3.8, 4) is 0 Å². The lowest BCUT2D eigenvalue weighted by Crippen LogP contribution is -1.65. The highest BCUT2D eigenvalue weighted by Crippen LogP contribution is 2.01. The van der Waals surface area contributed by atoms with Crippen LogP contribution in [0, 0.1) is 5.53 Å². The lowest BCUT2D eigenvalue weighted by molar-refractivity contribution is 1.09. The first-order valence-electron chi connectivity index (χ1n) is 2.22. The predicted molar refractivity (Wildman–Crippen MR) is 29.0 cm³/mol. The molecule has 0 spiro atoms. The molecular formula is C5H5N3. The van der Waals surface area contributed by atoms with E-state index in [-0.39, 0.29) is 0 Å². The van der Waals surface area contributed by atoms with Crippen molar-refractivity contribution in [1.82, 2.24) is 4.98 Å². The van der Waals surface area contributed by atoms with Crippen LogP contribution in [0.4, 0.5) is 5.82 Å². The SMILES string of the molecule is N=Nc1ccccn1. The van der Waals surface area contributed by atoms with E-state index in [9.17, 15) is 0 Å². The minimum absolute atomic E-state index is 0.451. The molecule has 1 N–H and O–H groups in total. The summed E-state index contributed by atoms with van der Waals surface area (Å²) in [6.07, 6.45) is 1.60. The van der Waals surface area contributed by atoms with E-state index in [1.165, 1.54) is 0 Å². The van der Waals surface area contributed by atoms with Gasteiger partial charge in [0.1, 0.15) is 0 Å². The maximum atomic E-state index is 6.51. The van der Waals surface area contributed by atoms with Crippen molar-refractivity contribution in [2.75, 3.05) is 0 Å². The highest BCUT2D eigenvalue weighted by atomic mass is 15.0. The van der Waals surface area contributed by atoms with Crippen LogP contribution in [-0.2, 0) is 0 Å². The summed E-state index contributed by atoms with van der Waals surface area (Å²) in [5.41, 5.74) is 6.51. The summed E-state index contributed by atoms with van der Waals surface area (Å²) in [5, 5.41) is 3.11. The van der Waals surface area contributed by atoms with E-state index in [0.717, 1.165) is 0 Å². The zero-order chi connectivity index (χ0) is 5.82. The molecule has 8 heavy (non-hydrogen) atoms. The maximum Gasteiger partial charge on any atom is 0.173 e. The van der Waals surface area contributed by atoms with E-state index in [1.807, 2.05) is 0 Å². The van der Waals surface area contributed by atoms with Crippen molar-refractivity contribution in [2.45, 2.75) is 0 Å². The normalized spacial score (nSPS) is 8.50. The molecule has 1 aromatic heterocycles. The number of pyridine rings is 1. The Morgan fingerprint density at radius 2 is 2.38 bits per heavy atom. The Balaban J connectivity index is 2.99. The van der Waals surface area contributed by atoms with Crippen molar-refractivity contribution >= 4 is 5.82 Å². The molecule has 0 radical (unpaired) electrons. The summed E-state index contributed by atoms with van der Waals surface area (Å²) in [7, 11) is 0. The average molecular weight is 107 g/mol. The number of hydrogen-bond acceptors (Lipinski definition) is 3. The van der Waals surface area contributed by atoms with E-state index >= 15 is 0 Å². The van der Waals surface area contributed by atoms with Crippen LogP contribution < -0.4 is 0 Å². The van der Waals surface area contributed by atoms with Crippen molar-refractivity contribution in [2.24, 2.45) is 5.11 Å². The van der Waals surface area contributed by atoms with Crippen molar-refractivity contribution in [1.29, 1.82) is 5.53 Å². The molecule has 0 aliphatic heterocycles. The van der Waals surface area contributed by atoms with Crippen LogP contribution in [-0.4, -0.2) is 4.98 Å². The standard InChI is InChI=1S/C5H5N3/c6-8-5-3-1-2-4-7-5/h1-4,6H. The average Bonchev–Trinajstić information content (AvgIpc) is 1.90. The molecule has 0 bridgehead atoms. The summed E-state index contributed by atoms with van der Waals surface area (Å²) in [6.45, 7) is 0. The maximum absolute atomic E-state index is 6.51. The number of hydrogen-bond donors (Lipinski definition) is 1. The number of nitrogens with one attached hydrogen (secondary N) is 1. The van der Waals surface area contributed by atoms with Crippen LogP contribution in [0.1, 0.15) is 0 Å². The molecule has 0 aliphatic rings. The summed E-state index contributed by atoms with van der Waals surface area (Å²) in [5.74, 6) is 0.451. The Morgan fingerprint density at radius 3 is 2.75 bits per heavy atom. The Morgan fingerprint density at radius 1 is 1.50 bits per heavy atom. The van der Waals surface area contributed by atoms with E-state index < -0.39 is 0 Å². The fraction of sp³-hybridized carbons (Fsp3) is 0. The van der Waals surface area contributed by atoms with Gasteiger partial charge in [-0.3, -0.25) is 0 Å². The first-order valence-corrected chi connectivity index (χ1v) is 2.22. The second kappa shape index (κ2) is 2.16. The molecule has 0 aliphatic carbocycles. The van der Waals surface area contributed by atoms with Crippen LogP contribution in [0.3, 0.4) is 0 Å². The number of rotatable bonds is 1. The van der Waals surface area contributed by atoms with Gasteiger partial charge >= 0.3 is 0 Å². The molecule has 0 fully saturated rings. The topological polar surface area (TPSA) is 49.1 Å². The minimum Gasteiger partial charge on any atom is -0.236 e. The van der Waals surface area contributed by atoms with Crippen LogP contribution in [0.25, 0.3) is 0 Å². The smallest absolute Gasteiger partial charge is 0.173 e. The first-order chi connectivity index (χ1) is 3.93. The molecule has 0 unspecified atom stereocenters. The van der Waals surface area contributed by atoms with Gasteiger partial charge in [0.2, 0.25) is 0 Å². The van der Waals surface area contributed by atoms with Gasteiger partial charge in [-0.25, -0.2) is 10.5 Å². The van der Waals surface area contributed by atoms with E-state index in [1.54, 1.807) is 24.4 Å². The molecule has 3 heteroatoms. The lowest BCUT2D eigenvalue weighted by atomic mass is 10.5. The highest BCUT2D eigenvalue weighted by Gasteiger charge is 1.80. The predicted octanol–water partition coefficient (Wildman–Crippen LogP) is 1.74. The minimum atomic E-state index is 0.451. The Labute approximate surface area is 46.9 Å². The van der Waals surface area contributed by atoms with Gasteiger partial charge in [-0.2, -0.15) is 0 Å². The summed E-state index contributed by atoms with van der Waals surface area (Å²) >= 11 is 0. The summed E-state index contributed by atoms with van der Waals surface area (Å²) < 4.78 is 0. The molecule has 3 nitrogen and oxygen atoms in total. The van der Waals surface area contributed by atoms with Gasteiger partial charge in [0.15, 0.2) is 5.82 Å². The largest absolute Gasteiger partial charge is 0.236 e. The summed E-state index contributed by atoms with van der Waals surface area (Å²) in [6, 6.07) is 5.25. The van der Waals surface area contributed by atoms with Gasteiger partial charge in [-0.15, -0.1) is 5.11 Å². The van der Waals surface area contributed by atoms with Gasteiger partial charge in [0.25, 0.3) is 0 Å². The second-order valence-corrected chi connectivity index (χ2v) is 1.30. The molecule has 1 heterocycles. The molecule has 0 saturated heterocycles. The van der Waals surface area contributed by atoms with Gasteiger partial charge in [-0.1, -0.05) is 6.07 Å². The zero-order valence-corrected chi connectivity index (χ0v) is 4.20. The zero-order valence-electron chi connectivity index (χ0n) is 4.20. The molecule has 40 valence electrons. The van der Waals surface area contributed by atoms with Gasteiger partial charge in [-0.05, 0) is 12.1 Å². The molecular weight excluding hydrogens is 102 g/mol. The number of nitrogens with zero attached hydrogens (tertiary/aromatic N) is 2. The third-order valence-corrected chi connectivity index (χ3v) is 0.764. The van der Waals surface area contributed by atoms with E-state index in [4.69, 9.17) is 5.53 Å². The van der Waals surface area contributed by atoms with Crippen LogP contribution in [0.2, 0.25) is 0 Å². The Hall–Kier alpha value is -1.25. The fourth-order valence-corrected chi connectivity index (χ4v) is 0.420. The van der Waals surface area contributed by atoms with Crippen molar-refractivity contribution < 1.29 is 0 Å². The third kappa shape index (κ3) is 0.872. The Kier molecular flexibility index (Phi) is 1.32. The van der Waals surface area contributed by atoms with Crippen molar-refractivity contribution in [3.05, 3.63) is 24.4 Å². The van der Waals surface area contributed by atoms with Gasteiger partial charge in [0, 0.05) is 6.20 Å². The van der Waals surface area contributed by atoms with E-state index in [0.29, 0.717) is 5.82 Å². The monoisotopic (exact) mass is 107 g/mol. The van der Waals surface area contributed by atoms with Gasteiger partial charge in [0.05, 0.1) is 0 Å². The first kappa shape index (κ1) is 4.90. The fourth-order valence-electron chi connectivity index (χ4n) is 0.420. The van der Waals surface area contributed by atoms with E-state index in [2.05, 4.69) is 10.1 Å². The van der Waals surface area contributed by atoms with Crippen LogP contribution in [0.5, 0.6) is 0 Å². The molecule has 0 atom stereocenters. The molecule has 0 saturated carbocycles. The quantitative estimate of drug-likeness (QED) is 0.546. The second-order valence-electron chi connectivity index (χ2n) is 1.30. The molecule has 1 rings (SSSR count). The van der Waals surface area contributed by atoms with Crippen LogP contribution in [0.15, 0.2) is 29.5 Å². The Bertz CT molecular complexity index is 170. The molecule has 0 amide bonds. The third-order valence-electron chi connectivity index (χ3n) is 0.764. The lowest BCUT2D eigenvalue weighted by Gasteiger charge is -1.82. The summed E-state index contributed by atoms with van der Waals surface area (Å²) in [4.78, 5) is 3.74. The highest BCUT2D eigenvalue weighted by molar-refractivity contribution is 5.23. The van der Waals surface area contributed by atoms with Gasteiger partial charge < -0.3 is 0 Å².